The highest BCUT2D eigenvalue weighted by Gasteiger charge is 2.71. The van der Waals surface area contributed by atoms with Gasteiger partial charge in [0.05, 0.1) is 28.4 Å². The first kappa shape index (κ1) is 18.7. The second-order valence-corrected chi connectivity index (χ2v) is 7.57. The third-order valence-corrected chi connectivity index (χ3v) is 6.76. The first-order chi connectivity index (χ1) is 13.4. The normalized spacial score (nSPS) is 28.5. The predicted octanol–water partition coefficient (Wildman–Crippen LogP) is 1.97. The number of rotatable bonds is 4. The molecule has 0 radical (unpaired) electrons. The van der Waals surface area contributed by atoms with Crippen LogP contribution in [0.25, 0.3) is 0 Å². The Kier molecular flexibility index (Phi) is 4.10. The fourth-order valence-corrected chi connectivity index (χ4v) is 5.69. The molecular formula is C21H25NO6. The Hall–Kier alpha value is -2.70. The van der Waals surface area contributed by atoms with Crippen LogP contribution in [-0.4, -0.2) is 57.6 Å². The molecule has 1 fully saturated rings. The number of nitrogens with zero attached hydrogens (tertiary/aromatic N) is 1. The van der Waals surface area contributed by atoms with Gasteiger partial charge in [-0.25, -0.2) is 0 Å². The number of aryl methyl sites for hydroxylation is 1. The Morgan fingerprint density at radius 1 is 0.964 bits per heavy atom. The maximum atomic E-state index is 13.1. The number of Topliss-reactive ketones (excluding diaryl/α,β-unsaturated/α-hetero) is 1. The van der Waals surface area contributed by atoms with Gasteiger partial charge in [-0.15, -0.1) is 0 Å². The van der Waals surface area contributed by atoms with Crippen molar-refractivity contribution in [2.24, 2.45) is 0 Å². The van der Waals surface area contributed by atoms with Crippen LogP contribution in [0.3, 0.4) is 0 Å². The number of carbonyl (C=O) groups excluding carboxylic acids is 2. The number of fused-ring (bicyclic) bond motifs is 1. The summed E-state index contributed by atoms with van der Waals surface area (Å²) in [7, 11) is 7.95. The summed E-state index contributed by atoms with van der Waals surface area (Å²) in [5.41, 5.74) is 0.346. The SMILES string of the molecule is COC1=C(OC)C23CCc4ccc(OC)c(OC)c4C2(CC1=O)CC(=O)N3C. The van der Waals surface area contributed by atoms with Crippen LogP contribution in [0.15, 0.2) is 23.7 Å². The molecule has 150 valence electrons. The second-order valence-electron chi connectivity index (χ2n) is 7.57. The molecule has 0 aromatic heterocycles. The zero-order valence-electron chi connectivity index (χ0n) is 16.9. The molecule has 1 aromatic rings. The summed E-state index contributed by atoms with van der Waals surface area (Å²) in [6.07, 6.45) is 1.71. The summed E-state index contributed by atoms with van der Waals surface area (Å²) in [6.45, 7) is 0. The summed E-state index contributed by atoms with van der Waals surface area (Å²) >= 11 is 0. The van der Waals surface area contributed by atoms with Crippen molar-refractivity contribution in [3.05, 3.63) is 34.8 Å². The van der Waals surface area contributed by atoms with E-state index in [1.54, 1.807) is 26.2 Å². The zero-order chi connectivity index (χ0) is 20.3. The molecule has 2 aliphatic carbocycles. The molecule has 0 N–H and O–H groups in total. The molecule has 7 nitrogen and oxygen atoms in total. The fraction of sp³-hybridized carbons (Fsp3) is 0.524. The predicted molar refractivity (Wildman–Crippen MR) is 100 cm³/mol. The summed E-state index contributed by atoms with van der Waals surface area (Å²) in [6, 6.07) is 3.88. The summed E-state index contributed by atoms with van der Waals surface area (Å²) in [5, 5.41) is 0. The minimum Gasteiger partial charge on any atom is -0.495 e. The first-order valence-corrected chi connectivity index (χ1v) is 9.28. The molecular weight excluding hydrogens is 362 g/mol. The third-order valence-electron chi connectivity index (χ3n) is 6.76. The van der Waals surface area contributed by atoms with E-state index in [-0.39, 0.29) is 30.3 Å². The first-order valence-electron chi connectivity index (χ1n) is 9.28. The van der Waals surface area contributed by atoms with E-state index >= 15 is 0 Å². The lowest BCUT2D eigenvalue weighted by molar-refractivity contribution is -0.131. The summed E-state index contributed by atoms with van der Waals surface area (Å²) in [4.78, 5) is 27.9. The molecule has 1 heterocycles. The van der Waals surface area contributed by atoms with E-state index in [4.69, 9.17) is 18.9 Å². The van der Waals surface area contributed by atoms with Crippen LogP contribution in [0.2, 0.25) is 0 Å². The van der Waals surface area contributed by atoms with Crippen LogP contribution in [0.1, 0.15) is 30.4 Å². The lowest BCUT2D eigenvalue weighted by Crippen LogP contribution is -2.62. The molecule has 0 saturated carbocycles. The van der Waals surface area contributed by atoms with Gasteiger partial charge in [0.2, 0.25) is 17.4 Å². The van der Waals surface area contributed by atoms with E-state index in [0.29, 0.717) is 30.1 Å². The highest BCUT2D eigenvalue weighted by Crippen LogP contribution is 2.64. The van der Waals surface area contributed by atoms with Gasteiger partial charge in [-0.3, -0.25) is 9.59 Å². The number of ether oxygens (including phenoxy) is 4. The summed E-state index contributed by atoms with van der Waals surface area (Å²) in [5.74, 6) is 1.59. The fourth-order valence-electron chi connectivity index (χ4n) is 5.69. The standard InChI is InChI=1S/C21H25NO6/c1-22-15(24)11-20-10-13(23)17(26-3)19(28-5)21(20,22)9-8-12-6-7-14(25-2)18(27-4)16(12)20/h6-7H,8-11H2,1-5H3. The number of carbonyl (C=O) groups is 2. The Morgan fingerprint density at radius 2 is 1.71 bits per heavy atom. The van der Waals surface area contributed by atoms with Crippen LogP contribution < -0.4 is 9.47 Å². The van der Waals surface area contributed by atoms with E-state index in [2.05, 4.69) is 0 Å². The maximum Gasteiger partial charge on any atom is 0.224 e. The average molecular weight is 387 g/mol. The monoisotopic (exact) mass is 387 g/mol. The number of benzene rings is 1. The van der Waals surface area contributed by atoms with Crippen LogP contribution in [0.5, 0.6) is 11.5 Å². The van der Waals surface area contributed by atoms with Crippen molar-refractivity contribution in [2.45, 2.75) is 36.6 Å². The van der Waals surface area contributed by atoms with Crippen molar-refractivity contribution in [3.63, 3.8) is 0 Å². The average Bonchev–Trinajstić information content (AvgIpc) is 2.93. The van der Waals surface area contributed by atoms with E-state index in [0.717, 1.165) is 11.1 Å². The molecule has 3 aliphatic rings. The zero-order valence-corrected chi connectivity index (χ0v) is 16.9. The molecule has 1 saturated heterocycles. The van der Waals surface area contributed by atoms with Gasteiger partial charge in [0.15, 0.2) is 17.3 Å². The van der Waals surface area contributed by atoms with Gasteiger partial charge >= 0.3 is 0 Å². The van der Waals surface area contributed by atoms with Crippen molar-refractivity contribution >= 4 is 11.7 Å². The number of hydrogen-bond acceptors (Lipinski definition) is 6. The lowest BCUT2D eigenvalue weighted by Gasteiger charge is -2.54. The Morgan fingerprint density at radius 3 is 2.32 bits per heavy atom. The second kappa shape index (κ2) is 6.15. The Bertz CT molecular complexity index is 906. The molecule has 2 atom stereocenters. The highest BCUT2D eigenvalue weighted by molar-refractivity contribution is 6.00. The van der Waals surface area contributed by atoms with Gasteiger partial charge in [-0.1, -0.05) is 6.07 Å². The van der Waals surface area contributed by atoms with Gasteiger partial charge in [0.1, 0.15) is 5.54 Å². The molecule has 1 amide bonds. The number of allylic oxidation sites excluding steroid dienone is 1. The molecule has 2 unspecified atom stereocenters. The van der Waals surface area contributed by atoms with Crippen LogP contribution in [0.4, 0.5) is 0 Å². The molecule has 1 aromatic carbocycles. The van der Waals surface area contributed by atoms with Gasteiger partial charge in [0.25, 0.3) is 0 Å². The Balaban J connectivity index is 2.12. The van der Waals surface area contributed by atoms with E-state index in [9.17, 15) is 9.59 Å². The number of likely N-dealkylation sites (tertiary alicyclic amines) is 1. The van der Waals surface area contributed by atoms with E-state index in [1.807, 2.05) is 12.1 Å². The van der Waals surface area contributed by atoms with Gasteiger partial charge in [0, 0.05) is 30.9 Å². The third kappa shape index (κ3) is 1.94. The van der Waals surface area contributed by atoms with E-state index < -0.39 is 11.0 Å². The van der Waals surface area contributed by atoms with Crippen molar-refractivity contribution in [2.75, 3.05) is 35.5 Å². The number of amides is 1. The van der Waals surface area contributed by atoms with Crippen LogP contribution in [0, 0.1) is 0 Å². The number of likely N-dealkylation sites (N-methyl/N-ethyl adjacent to an activating group) is 1. The smallest absolute Gasteiger partial charge is 0.224 e. The topological polar surface area (TPSA) is 74.3 Å². The molecule has 0 bridgehead atoms. The lowest BCUT2D eigenvalue weighted by atomic mass is 9.53. The molecule has 7 heteroatoms. The van der Waals surface area contributed by atoms with E-state index in [1.165, 1.54) is 14.2 Å². The van der Waals surface area contributed by atoms with Crippen LogP contribution >= 0.6 is 0 Å². The quantitative estimate of drug-likeness (QED) is 0.786. The minimum absolute atomic E-state index is 0.0302. The molecule has 4 rings (SSSR count). The highest BCUT2D eigenvalue weighted by atomic mass is 16.5. The van der Waals surface area contributed by atoms with Crippen molar-refractivity contribution in [1.82, 2.24) is 4.90 Å². The minimum atomic E-state index is -0.801. The number of ketones is 1. The number of hydrogen-bond donors (Lipinski definition) is 0. The maximum absolute atomic E-state index is 13.1. The largest absolute Gasteiger partial charge is 0.495 e. The van der Waals surface area contributed by atoms with Gasteiger partial charge in [-0.05, 0) is 24.5 Å². The van der Waals surface area contributed by atoms with Gasteiger partial charge < -0.3 is 23.8 Å². The van der Waals surface area contributed by atoms with Gasteiger partial charge in [-0.2, -0.15) is 0 Å². The molecule has 28 heavy (non-hydrogen) atoms. The molecule has 0 spiro atoms. The van der Waals surface area contributed by atoms with Crippen molar-refractivity contribution in [3.8, 4) is 11.5 Å². The van der Waals surface area contributed by atoms with Crippen LogP contribution in [-0.2, 0) is 30.9 Å². The van der Waals surface area contributed by atoms with Crippen molar-refractivity contribution < 1.29 is 28.5 Å². The molecule has 1 aliphatic heterocycles. The Labute approximate surface area is 164 Å². The van der Waals surface area contributed by atoms with Crippen molar-refractivity contribution in [1.29, 1.82) is 0 Å². The summed E-state index contributed by atoms with van der Waals surface area (Å²) < 4.78 is 22.5. The number of methoxy groups -OCH3 is 4.